The molecule has 0 aromatic rings. The summed E-state index contributed by atoms with van der Waals surface area (Å²) in [6.45, 7) is 1.55. The van der Waals surface area contributed by atoms with E-state index in [2.05, 4.69) is 0 Å². The van der Waals surface area contributed by atoms with E-state index >= 15 is 0 Å². The highest BCUT2D eigenvalue weighted by Crippen LogP contribution is 2.33. The number of hydrogen-bond acceptors (Lipinski definition) is 2. The molecule has 0 amide bonds. The zero-order chi connectivity index (χ0) is 6.85. The van der Waals surface area contributed by atoms with Crippen molar-refractivity contribution in [3.8, 4) is 0 Å². The second kappa shape index (κ2) is 2.76. The maximum Gasteiger partial charge on any atom is 0.167 e. The van der Waals surface area contributed by atoms with Crippen molar-refractivity contribution >= 4 is 29.1 Å². The van der Waals surface area contributed by atoms with Crippen molar-refractivity contribution in [3.63, 3.8) is 0 Å². The summed E-state index contributed by atoms with van der Waals surface area (Å²) in [5, 5.41) is 0.743. The van der Waals surface area contributed by atoms with Gasteiger partial charge in [0.15, 0.2) is 5.78 Å². The van der Waals surface area contributed by atoms with E-state index in [1.54, 1.807) is 18.7 Å². The summed E-state index contributed by atoms with van der Waals surface area (Å²) >= 11 is 7.27. The van der Waals surface area contributed by atoms with Crippen molar-refractivity contribution < 1.29 is 4.79 Å². The molecule has 1 aliphatic heterocycles. The molecule has 0 bridgehead atoms. The average molecular weight is 163 g/mol. The number of ketones is 1. The largest absolute Gasteiger partial charge is 0.294 e. The van der Waals surface area contributed by atoms with Crippen LogP contribution in [0.4, 0.5) is 0 Å². The van der Waals surface area contributed by atoms with Crippen molar-refractivity contribution in [3.05, 3.63) is 9.94 Å². The molecule has 0 saturated heterocycles. The summed E-state index contributed by atoms with van der Waals surface area (Å²) in [6, 6.07) is 0. The Morgan fingerprint density at radius 3 is 2.67 bits per heavy atom. The molecule has 1 rings (SSSR count). The lowest BCUT2D eigenvalue weighted by molar-refractivity contribution is -0.112. The molecule has 0 N–H and O–H groups in total. The first-order valence-electron chi connectivity index (χ1n) is 2.74. The van der Waals surface area contributed by atoms with E-state index in [0.29, 0.717) is 0 Å². The number of carbonyl (C=O) groups is 1. The van der Waals surface area contributed by atoms with Gasteiger partial charge in [0.05, 0.1) is 4.91 Å². The van der Waals surface area contributed by atoms with Crippen LogP contribution in [-0.4, -0.2) is 11.5 Å². The van der Waals surface area contributed by atoms with Crippen LogP contribution in [0.15, 0.2) is 9.94 Å². The van der Waals surface area contributed by atoms with Crippen molar-refractivity contribution in [2.45, 2.75) is 13.3 Å². The smallest absolute Gasteiger partial charge is 0.167 e. The zero-order valence-corrected chi connectivity index (χ0v) is 6.68. The predicted molar refractivity (Wildman–Crippen MR) is 40.6 cm³/mol. The molecule has 0 fully saturated rings. The van der Waals surface area contributed by atoms with Gasteiger partial charge in [-0.2, -0.15) is 0 Å². The minimum absolute atomic E-state index is 0.0995. The molecule has 0 spiro atoms. The third kappa shape index (κ3) is 1.49. The lowest BCUT2D eigenvalue weighted by Gasteiger charge is -1.91. The molecule has 0 radical (unpaired) electrons. The average Bonchev–Trinajstić information content (AvgIpc) is 2.13. The molecule has 50 valence electrons. The summed E-state index contributed by atoms with van der Waals surface area (Å²) in [7, 11) is 0. The molecule has 0 unspecified atom stereocenters. The number of hydrogen-bond donors (Lipinski definition) is 0. The summed E-state index contributed by atoms with van der Waals surface area (Å²) in [5.74, 6) is 1.07. The standard InChI is InChI=1S/C6H7ClOS/c1-4(8)6-5(7)2-3-9-6/h2-3H2,1H3. The first kappa shape index (κ1) is 7.16. The molecule has 9 heavy (non-hydrogen) atoms. The highest BCUT2D eigenvalue weighted by Gasteiger charge is 2.16. The Bertz CT molecular complexity index is 174. The summed E-state index contributed by atoms with van der Waals surface area (Å²) in [4.78, 5) is 11.5. The number of carbonyl (C=O) groups excluding carboxylic acids is 1. The maximum absolute atomic E-state index is 10.7. The Morgan fingerprint density at radius 1 is 1.78 bits per heavy atom. The van der Waals surface area contributed by atoms with Crippen LogP contribution in [0.2, 0.25) is 0 Å². The van der Waals surface area contributed by atoms with Crippen molar-refractivity contribution in [2.75, 3.05) is 5.75 Å². The van der Waals surface area contributed by atoms with Crippen LogP contribution < -0.4 is 0 Å². The first-order chi connectivity index (χ1) is 4.22. The second-order valence-corrected chi connectivity index (χ2v) is 3.45. The molecule has 1 heterocycles. The molecule has 1 aliphatic rings. The normalized spacial score (nSPS) is 18.9. The van der Waals surface area contributed by atoms with Crippen LogP contribution in [0.3, 0.4) is 0 Å². The molecular weight excluding hydrogens is 156 g/mol. The van der Waals surface area contributed by atoms with Gasteiger partial charge >= 0.3 is 0 Å². The topological polar surface area (TPSA) is 17.1 Å². The van der Waals surface area contributed by atoms with E-state index in [1.807, 2.05) is 0 Å². The number of allylic oxidation sites excluding steroid dienone is 2. The van der Waals surface area contributed by atoms with E-state index in [0.717, 1.165) is 22.1 Å². The fourth-order valence-corrected chi connectivity index (χ4v) is 2.20. The Balaban J connectivity index is 2.78. The van der Waals surface area contributed by atoms with Gasteiger partial charge in [0.2, 0.25) is 0 Å². The predicted octanol–water partition coefficient (Wildman–Crippen LogP) is 2.16. The maximum atomic E-state index is 10.7. The van der Waals surface area contributed by atoms with Gasteiger partial charge in [0.1, 0.15) is 0 Å². The van der Waals surface area contributed by atoms with Crippen molar-refractivity contribution in [2.24, 2.45) is 0 Å². The van der Waals surface area contributed by atoms with Crippen LogP contribution in [-0.2, 0) is 4.79 Å². The van der Waals surface area contributed by atoms with Gasteiger partial charge in [-0.3, -0.25) is 4.79 Å². The fraction of sp³-hybridized carbons (Fsp3) is 0.500. The quantitative estimate of drug-likeness (QED) is 0.588. The van der Waals surface area contributed by atoms with Crippen LogP contribution in [0.5, 0.6) is 0 Å². The van der Waals surface area contributed by atoms with Gasteiger partial charge in [-0.1, -0.05) is 11.6 Å². The Labute approximate surface area is 63.5 Å². The summed E-state index contributed by atoms with van der Waals surface area (Å²) in [5.41, 5.74) is 0. The molecule has 0 aliphatic carbocycles. The number of rotatable bonds is 1. The highest BCUT2D eigenvalue weighted by molar-refractivity contribution is 8.04. The number of halogens is 1. The third-order valence-corrected chi connectivity index (χ3v) is 2.85. The molecule has 3 heteroatoms. The summed E-state index contributed by atoms with van der Waals surface area (Å²) < 4.78 is 0. The van der Waals surface area contributed by atoms with Gasteiger partial charge in [0.25, 0.3) is 0 Å². The first-order valence-corrected chi connectivity index (χ1v) is 4.10. The summed E-state index contributed by atoms with van der Waals surface area (Å²) in [6.07, 6.45) is 0.862. The van der Waals surface area contributed by atoms with Crippen molar-refractivity contribution in [1.82, 2.24) is 0 Å². The van der Waals surface area contributed by atoms with E-state index in [-0.39, 0.29) is 5.78 Å². The van der Waals surface area contributed by atoms with Crippen LogP contribution in [0, 0.1) is 0 Å². The highest BCUT2D eigenvalue weighted by atomic mass is 35.5. The van der Waals surface area contributed by atoms with Crippen molar-refractivity contribution in [1.29, 1.82) is 0 Å². The van der Waals surface area contributed by atoms with Gasteiger partial charge < -0.3 is 0 Å². The number of thioether (sulfide) groups is 1. The second-order valence-electron chi connectivity index (χ2n) is 1.89. The SMILES string of the molecule is CC(=O)C1=C(Cl)CCS1. The van der Waals surface area contributed by atoms with E-state index < -0.39 is 0 Å². The molecule has 0 atom stereocenters. The Morgan fingerprint density at radius 2 is 2.44 bits per heavy atom. The molecule has 1 nitrogen and oxygen atoms in total. The molecular formula is C6H7ClOS. The van der Waals surface area contributed by atoms with Gasteiger partial charge in [0, 0.05) is 10.8 Å². The van der Waals surface area contributed by atoms with Crippen LogP contribution in [0.25, 0.3) is 0 Å². The van der Waals surface area contributed by atoms with E-state index in [1.165, 1.54) is 0 Å². The minimum atomic E-state index is 0.0995. The fourth-order valence-electron chi connectivity index (χ4n) is 0.727. The zero-order valence-electron chi connectivity index (χ0n) is 5.11. The lowest BCUT2D eigenvalue weighted by Crippen LogP contribution is -1.89. The molecule has 0 saturated carbocycles. The van der Waals surface area contributed by atoms with Crippen LogP contribution >= 0.6 is 23.4 Å². The Hall–Kier alpha value is 0.0500. The van der Waals surface area contributed by atoms with Gasteiger partial charge in [-0.25, -0.2) is 0 Å². The monoisotopic (exact) mass is 162 g/mol. The van der Waals surface area contributed by atoms with Crippen LogP contribution in [0.1, 0.15) is 13.3 Å². The number of Topliss-reactive ketones (excluding diaryl/α,β-unsaturated/α-hetero) is 1. The molecule has 0 aromatic carbocycles. The van der Waals surface area contributed by atoms with Gasteiger partial charge in [-0.15, -0.1) is 11.8 Å². The Kier molecular flexibility index (Phi) is 2.19. The molecule has 0 aromatic heterocycles. The minimum Gasteiger partial charge on any atom is -0.294 e. The van der Waals surface area contributed by atoms with E-state index in [9.17, 15) is 4.79 Å². The van der Waals surface area contributed by atoms with E-state index in [4.69, 9.17) is 11.6 Å². The third-order valence-electron chi connectivity index (χ3n) is 1.13. The lowest BCUT2D eigenvalue weighted by atomic mass is 10.3. The van der Waals surface area contributed by atoms with Gasteiger partial charge in [-0.05, 0) is 13.3 Å².